The molecule has 214 valence electrons. The molecule has 0 spiro atoms. The van der Waals surface area contributed by atoms with Crippen LogP contribution in [-0.2, 0) is 10.0 Å². The molecule has 0 bridgehead atoms. The first-order chi connectivity index (χ1) is 19.2. The topological polar surface area (TPSA) is 117 Å². The minimum Gasteiger partial charge on any atom is -0.505 e. The first kappa shape index (κ1) is 29.3. The highest BCUT2D eigenvalue weighted by molar-refractivity contribution is 7.92. The van der Waals surface area contributed by atoms with Gasteiger partial charge in [-0.3, -0.25) is 9.52 Å². The molecule has 0 fully saturated rings. The second-order valence-electron chi connectivity index (χ2n) is 8.35. The number of fused-ring (bicyclic) bond motifs is 1. The summed E-state index contributed by atoms with van der Waals surface area (Å²) in [7, 11) is -4.06. The van der Waals surface area contributed by atoms with Gasteiger partial charge in [0.15, 0.2) is 5.75 Å². The van der Waals surface area contributed by atoms with Crippen molar-refractivity contribution >= 4 is 38.1 Å². The summed E-state index contributed by atoms with van der Waals surface area (Å²) < 4.78 is 109. The van der Waals surface area contributed by atoms with E-state index in [-0.39, 0.29) is 27.2 Å². The molecule has 0 heterocycles. The second kappa shape index (κ2) is 11.1. The molecule has 8 nitrogen and oxygen atoms in total. The quantitative estimate of drug-likeness (QED) is 0.127. The molecule has 0 aromatic heterocycles. The zero-order valence-electron chi connectivity index (χ0n) is 20.3. The van der Waals surface area contributed by atoms with Gasteiger partial charge in [-0.25, -0.2) is 12.8 Å². The van der Waals surface area contributed by atoms with Gasteiger partial charge in [0.25, 0.3) is 22.1 Å². The van der Waals surface area contributed by atoms with Crippen LogP contribution in [0.2, 0.25) is 0 Å². The van der Waals surface area contributed by atoms with Crippen molar-refractivity contribution in [3.63, 3.8) is 0 Å². The number of carbonyl (C=O) groups is 1. The molecule has 4 aromatic carbocycles. The number of anilines is 1. The number of azo groups is 1. The Morgan fingerprint density at radius 1 is 0.878 bits per heavy atom. The van der Waals surface area contributed by atoms with Crippen molar-refractivity contribution in [3.05, 3.63) is 90.5 Å². The number of halogens is 6. The second-order valence-corrected chi connectivity index (χ2v) is 10.0. The smallest absolute Gasteiger partial charge is 0.439 e. The number of amides is 1. The molecular weight excluding hydrogens is 580 g/mol. The number of hydrogen-bond donors (Lipinski definition) is 2. The molecule has 0 unspecified atom stereocenters. The fourth-order valence-corrected chi connectivity index (χ4v) is 4.62. The summed E-state index contributed by atoms with van der Waals surface area (Å²) in [5, 5.41) is 18.3. The molecule has 1 amide bonds. The van der Waals surface area contributed by atoms with Crippen LogP contribution < -0.4 is 9.46 Å². The Bertz CT molecular complexity index is 1710. The Balaban J connectivity index is 1.59. The number of carbonyl (C=O) groups excluding carboxylic acids is 1. The summed E-state index contributed by atoms with van der Waals surface area (Å²) in [6, 6.07) is 17.9. The zero-order chi connectivity index (χ0) is 30.0. The van der Waals surface area contributed by atoms with Crippen LogP contribution in [0.25, 0.3) is 10.8 Å². The van der Waals surface area contributed by atoms with Crippen LogP contribution in [0, 0.1) is 0 Å². The lowest BCUT2D eigenvalue weighted by molar-refractivity contribution is -0.304. The van der Waals surface area contributed by atoms with Crippen LogP contribution in [0.4, 0.5) is 37.7 Å². The molecule has 0 saturated heterocycles. The van der Waals surface area contributed by atoms with E-state index in [1.165, 1.54) is 36.4 Å². The monoisotopic (exact) mass is 597 g/mol. The predicted molar refractivity (Wildman–Crippen MR) is 135 cm³/mol. The Morgan fingerprint density at radius 2 is 1.46 bits per heavy atom. The van der Waals surface area contributed by atoms with E-state index in [0.717, 1.165) is 18.2 Å². The number of ether oxygens (including phenoxy) is 1. The van der Waals surface area contributed by atoms with Crippen molar-refractivity contribution in [1.82, 2.24) is 0 Å². The third kappa shape index (κ3) is 6.57. The molecule has 0 aliphatic rings. The number of phenolic OH excluding ortho intramolecular Hbond substituents is 1. The molecule has 0 aliphatic carbocycles. The molecule has 41 heavy (non-hydrogen) atoms. The third-order valence-electron chi connectivity index (χ3n) is 5.48. The van der Waals surface area contributed by atoms with E-state index in [1.807, 2.05) is 0 Å². The highest BCUT2D eigenvalue weighted by atomic mass is 32.2. The number of hydrogen-bond acceptors (Lipinski definition) is 6. The van der Waals surface area contributed by atoms with Crippen LogP contribution in [0.5, 0.6) is 11.5 Å². The van der Waals surface area contributed by atoms with E-state index in [4.69, 9.17) is 0 Å². The largest absolute Gasteiger partial charge is 0.505 e. The lowest BCUT2D eigenvalue weighted by atomic mass is 10.1. The Morgan fingerprint density at radius 3 is 2.07 bits per heavy atom. The molecule has 2 N–H and O–H groups in total. The minimum absolute atomic E-state index is 0.0103. The number of sulfonamides is 1. The number of phenols is 1. The van der Waals surface area contributed by atoms with Crippen LogP contribution in [0.15, 0.2) is 100 Å². The first-order valence-corrected chi connectivity index (χ1v) is 12.8. The van der Waals surface area contributed by atoms with Gasteiger partial charge in [-0.2, -0.15) is 22.0 Å². The van der Waals surface area contributed by atoms with E-state index >= 15 is 0 Å². The lowest BCUT2D eigenvalue weighted by Crippen LogP contribution is -2.45. The molecule has 0 saturated carbocycles. The fraction of sp³-hybridized carbons (Fsp3) is 0.115. The molecule has 1 atom stereocenters. The molecule has 15 heteroatoms. The number of rotatable bonds is 8. The highest BCUT2D eigenvalue weighted by Gasteiger charge is 2.59. The van der Waals surface area contributed by atoms with Crippen LogP contribution >= 0.6 is 0 Å². The van der Waals surface area contributed by atoms with E-state index in [0.29, 0.717) is 17.5 Å². The average Bonchev–Trinajstić information content (AvgIpc) is 2.93. The van der Waals surface area contributed by atoms with Gasteiger partial charge in [-0.05, 0) is 42.5 Å². The molecule has 4 aromatic rings. The summed E-state index contributed by atoms with van der Waals surface area (Å²) in [6.45, 7) is 0. The van der Waals surface area contributed by atoms with Crippen molar-refractivity contribution in [1.29, 1.82) is 0 Å². The van der Waals surface area contributed by atoms with Gasteiger partial charge in [-0.1, -0.05) is 42.5 Å². The summed E-state index contributed by atoms with van der Waals surface area (Å²) in [6.07, 6.45) is -15.7. The lowest BCUT2D eigenvalue weighted by Gasteiger charge is -2.23. The number of aromatic hydroxyl groups is 1. The number of nitrogens with zero attached hydrogens (tertiary/aromatic N) is 2. The number of alkyl halides is 6. The van der Waals surface area contributed by atoms with E-state index in [9.17, 15) is 44.7 Å². The van der Waals surface area contributed by atoms with Gasteiger partial charge < -0.3 is 9.84 Å². The molecule has 0 radical (unpaired) electrons. The Kier molecular flexibility index (Phi) is 7.92. The van der Waals surface area contributed by atoms with Gasteiger partial charge in [-0.15, -0.1) is 10.2 Å². The maximum Gasteiger partial charge on any atom is 0.439 e. The predicted octanol–water partition coefficient (Wildman–Crippen LogP) is 7.14. The minimum atomic E-state index is -5.87. The normalized spacial score (nSPS) is 13.3. The van der Waals surface area contributed by atoms with Gasteiger partial charge in [0.1, 0.15) is 11.4 Å². The van der Waals surface area contributed by atoms with Gasteiger partial charge in [0, 0.05) is 16.3 Å². The van der Waals surface area contributed by atoms with E-state index in [1.54, 1.807) is 18.2 Å². The number of nitrogens with one attached hydrogen (secondary N) is 1. The average molecular weight is 597 g/mol. The van der Waals surface area contributed by atoms with Crippen molar-refractivity contribution in [2.75, 3.05) is 4.72 Å². The maximum absolute atomic E-state index is 13.5. The SMILES string of the molecule is O=C(N=Nc1cc(NS(=O)(=O)c2ccccc2)c2ccccc2c1O)c1ccc(OC(F)(F)[C@@H](F)C(F)(F)F)cc1. The molecule has 4 rings (SSSR count). The Hall–Kier alpha value is -4.66. The van der Waals surface area contributed by atoms with Crippen LogP contribution in [0.3, 0.4) is 0 Å². The third-order valence-corrected chi connectivity index (χ3v) is 6.86. The maximum atomic E-state index is 13.5. The van der Waals surface area contributed by atoms with Crippen LogP contribution in [-0.4, -0.2) is 37.9 Å². The van der Waals surface area contributed by atoms with Crippen molar-refractivity contribution < 1.29 is 49.4 Å². The van der Waals surface area contributed by atoms with Crippen molar-refractivity contribution in [2.45, 2.75) is 23.4 Å². The van der Waals surface area contributed by atoms with E-state index in [2.05, 4.69) is 19.7 Å². The van der Waals surface area contributed by atoms with Gasteiger partial charge in [0.2, 0.25) is 0 Å². The summed E-state index contributed by atoms with van der Waals surface area (Å²) in [5.41, 5.74) is -0.568. The van der Waals surface area contributed by atoms with Crippen molar-refractivity contribution in [3.8, 4) is 11.5 Å². The summed E-state index contributed by atoms with van der Waals surface area (Å²) in [4.78, 5) is 12.4. The Labute approximate surface area is 228 Å². The summed E-state index contributed by atoms with van der Waals surface area (Å²) in [5.74, 6) is -2.37. The fourth-order valence-electron chi connectivity index (χ4n) is 3.53. The molecule has 0 aliphatic heterocycles. The number of benzene rings is 4. The standard InChI is InChI=1S/C26H17F6N3O5S/c27-24(25(28,29)30)26(31,32)40-16-12-10-15(11-13-16)23(37)34-33-21-14-20(18-8-4-5-9-19(18)22(21)36)35-41(38,39)17-6-2-1-3-7-17/h1-14,24,35-36H/t24-/m0/s1. The summed E-state index contributed by atoms with van der Waals surface area (Å²) >= 11 is 0. The van der Waals surface area contributed by atoms with Crippen molar-refractivity contribution in [2.24, 2.45) is 10.2 Å². The van der Waals surface area contributed by atoms with Gasteiger partial charge >= 0.3 is 12.3 Å². The molecular formula is C26H17F6N3O5S. The first-order valence-electron chi connectivity index (χ1n) is 11.4. The highest BCUT2D eigenvalue weighted by Crippen LogP contribution is 2.41. The van der Waals surface area contributed by atoms with Crippen LogP contribution in [0.1, 0.15) is 10.4 Å². The van der Waals surface area contributed by atoms with E-state index < -0.39 is 45.9 Å². The van der Waals surface area contributed by atoms with Gasteiger partial charge in [0.05, 0.1) is 10.6 Å². The zero-order valence-corrected chi connectivity index (χ0v) is 21.1.